The molecule has 1 heterocycles. The quantitative estimate of drug-likeness (QED) is 0.789. The van der Waals surface area contributed by atoms with E-state index in [4.69, 9.17) is 5.11 Å². The number of fused-ring (bicyclic) bond motifs is 1. The summed E-state index contributed by atoms with van der Waals surface area (Å²) in [6, 6.07) is 5.96. The van der Waals surface area contributed by atoms with Crippen molar-refractivity contribution in [3.05, 3.63) is 29.8 Å². The van der Waals surface area contributed by atoms with Crippen LogP contribution in [0, 0.1) is 0 Å². The molecule has 1 amide bonds. The zero-order chi connectivity index (χ0) is 12.4. The van der Waals surface area contributed by atoms with Gasteiger partial charge in [-0.3, -0.25) is 9.69 Å². The van der Waals surface area contributed by atoms with E-state index in [0.29, 0.717) is 17.5 Å². The maximum Gasteiger partial charge on any atom is 0.412 e. The minimum atomic E-state index is -1.14. The maximum atomic E-state index is 11.8. The Labute approximate surface area is 97.7 Å². The molecule has 1 aromatic rings. The van der Waals surface area contributed by atoms with Crippen molar-refractivity contribution in [2.45, 2.75) is 18.9 Å². The van der Waals surface area contributed by atoms with E-state index in [-0.39, 0.29) is 18.6 Å². The highest BCUT2D eigenvalue weighted by Crippen LogP contribution is 2.31. The van der Waals surface area contributed by atoms with Crippen molar-refractivity contribution in [1.82, 2.24) is 0 Å². The Balaban J connectivity index is 2.50. The molecule has 0 saturated carbocycles. The molecule has 0 aliphatic carbocycles. The molecule has 1 atom stereocenters. The molecule has 5 heteroatoms. The van der Waals surface area contributed by atoms with Gasteiger partial charge in [0.05, 0.1) is 11.7 Å². The smallest absolute Gasteiger partial charge is 0.412 e. The summed E-state index contributed by atoms with van der Waals surface area (Å²) in [5.74, 6) is -0.120. The lowest BCUT2D eigenvalue weighted by molar-refractivity contribution is -0.108. The summed E-state index contributed by atoms with van der Waals surface area (Å²) in [5, 5.41) is 9.17. The lowest BCUT2D eigenvalue weighted by atomic mass is 9.93. The van der Waals surface area contributed by atoms with Crippen molar-refractivity contribution in [3.8, 4) is 0 Å². The fourth-order valence-corrected chi connectivity index (χ4v) is 2.09. The molecule has 2 rings (SSSR count). The van der Waals surface area contributed by atoms with Gasteiger partial charge in [0, 0.05) is 18.4 Å². The van der Waals surface area contributed by atoms with Crippen molar-refractivity contribution in [3.63, 3.8) is 0 Å². The lowest BCUT2D eigenvalue weighted by Gasteiger charge is -2.33. The van der Waals surface area contributed by atoms with Crippen LogP contribution in [-0.2, 0) is 4.79 Å². The topological polar surface area (TPSA) is 74.7 Å². The second kappa shape index (κ2) is 4.37. The van der Waals surface area contributed by atoms with Crippen LogP contribution in [0.1, 0.15) is 23.2 Å². The number of carbonyl (C=O) groups is 3. The van der Waals surface area contributed by atoms with E-state index in [9.17, 15) is 14.4 Å². The number of carbonyl (C=O) groups excluding carboxylic acids is 2. The van der Waals surface area contributed by atoms with Crippen LogP contribution >= 0.6 is 0 Å². The Morgan fingerprint density at radius 2 is 2.18 bits per heavy atom. The first-order chi connectivity index (χ1) is 8.15. The summed E-state index contributed by atoms with van der Waals surface area (Å²) < 4.78 is 0. The maximum absolute atomic E-state index is 11.8. The molecular weight excluding hydrogens is 222 g/mol. The summed E-state index contributed by atoms with van der Waals surface area (Å²) in [6.45, 7) is 0. The zero-order valence-corrected chi connectivity index (χ0v) is 9.00. The van der Waals surface area contributed by atoms with E-state index in [0.717, 1.165) is 4.90 Å². The molecule has 0 bridgehead atoms. The van der Waals surface area contributed by atoms with E-state index >= 15 is 0 Å². The van der Waals surface area contributed by atoms with Crippen LogP contribution in [0.4, 0.5) is 10.5 Å². The van der Waals surface area contributed by atoms with E-state index in [1.54, 1.807) is 24.3 Å². The summed E-state index contributed by atoms with van der Waals surface area (Å²) in [5.41, 5.74) is 0.764. The molecule has 0 spiro atoms. The Morgan fingerprint density at radius 3 is 2.82 bits per heavy atom. The highest BCUT2D eigenvalue weighted by atomic mass is 16.4. The number of ketones is 1. The van der Waals surface area contributed by atoms with Gasteiger partial charge < -0.3 is 9.90 Å². The number of hydrogen-bond acceptors (Lipinski definition) is 3. The fourth-order valence-electron chi connectivity index (χ4n) is 2.09. The lowest BCUT2D eigenvalue weighted by Crippen LogP contribution is -2.45. The van der Waals surface area contributed by atoms with Gasteiger partial charge >= 0.3 is 6.09 Å². The molecule has 0 fully saturated rings. The van der Waals surface area contributed by atoms with Gasteiger partial charge in [-0.2, -0.15) is 0 Å². The van der Waals surface area contributed by atoms with Crippen molar-refractivity contribution >= 4 is 23.9 Å². The molecule has 1 aromatic carbocycles. The van der Waals surface area contributed by atoms with E-state index in [1.807, 2.05) is 0 Å². The van der Waals surface area contributed by atoms with Crippen molar-refractivity contribution in [2.24, 2.45) is 0 Å². The van der Waals surface area contributed by atoms with Crippen molar-refractivity contribution in [1.29, 1.82) is 0 Å². The second-order valence-electron chi connectivity index (χ2n) is 3.85. The first-order valence-electron chi connectivity index (χ1n) is 5.23. The largest absolute Gasteiger partial charge is 0.465 e. The predicted octanol–water partition coefficient (Wildman–Crippen LogP) is 1.72. The minimum Gasteiger partial charge on any atom is -0.465 e. The van der Waals surface area contributed by atoms with Gasteiger partial charge in [0.25, 0.3) is 0 Å². The summed E-state index contributed by atoms with van der Waals surface area (Å²) in [6.07, 6.45) is -0.409. The van der Waals surface area contributed by atoms with Gasteiger partial charge in [-0.1, -0.05) is 12.1 Å². The third-order valence-corrected chi connectivity index (χ3v) is 2.82. The van der Waals surface area contributed by atoms with Gasteiger partial charge in [-0.25, -0.2) is 4.79 Å². The third kappa shape index (κ3) is 1.91. The van der Waals surface area contributed by atoms with Crippen LogP contribution in [0.3, 0.4) is 0 Å². The average Bonchev–Trinajstić information content (AvgIpc) is 2.29. The van der Waals surface area contributed by atoms with Gasteiger partial charge in [-0.15, -0.1) is 0 Å². The predicted molar refractivity (Wildman–Crippen MR) is 60.4 cm³/mol. The molecule has 1 N–H and O–H groups in total. The highest BCUT2D eigenvalue weighted by Gasteiger charge is 2.34. The number of anilines is 1. The van der Waals surface area contributed by atoms with Crippen LogP contribution in [-0.4, -0.2) is 29.3 Å². The molecule has 1 aliphatic rings. The standard InChI is InChI=1S/C12H11NO4/c14-6-5-8-7-11(15)9-3-1-2-4-10(9)13(8)12(16)17/h1-4,6,8H,5,7H2,(H,16,17). The number of Topliss-reactive ketones (excluding diaryl/α,β-unsaturated/α-hetero) is 1. The van der Waals surface area contributed by atoms with Crippen LogP contribution in [0.15, 0.2) is 24.3 Å². The number of hydrogen-bond donors (Lipinski definition) is 1. The minimum absolute atomic E-state index is 0.0341. The van der Waals surface area contributed by atoms with Crippen LogP contribution in [0.2, 0.25) is 0 Å². The van der Waals surface area contributed by atoms with Gasteiger partial charge in [0.2, 0.25) is 0 Å². The molecule has 0 saturated heterocycles. The zero-order valence-electron chi connectivity index (χ0n) is 9.00. The monoisotopic (exact) mass is 233 g/mol. The molecule has 5 nitrogen and oxygen atoms in total. The molecule has 17 heavy (non-hydrogen) atoms. The first-order valence-corrected chi connectivity index (χ1v) is 5.23. The SMILES string of the molecule is O=CCC1CC(=O)c2ccccc2N1C(=O)O. The van der Waals surface area contributed by atoms with E-state index in [2.05, 4.69) is 0 Å². The first kappa shape index (κ1) is 11.3. The highest BCUT2D eigenvalue weighted by molar-refractivity contribution is 6.08. The Hall–Kier alpha value is -2.17. The van der Waals surface area contributed by atoms with Gasteiger partial charge in [0.15, 0.2) is 5.78 Å². The van der Waals surface area contributed by atoms with Crippen LogP contribution in [0.5, 0.6) is 0 Å². The summed E-state index contributed by atoms with van der Waals surface area (Å²) in [7, 11) is 0. The Bertz CT molecular complexity index is 483. The normalized spacial score (nSPS) is 18.7. The molecule has 88 valence electrons. The number of amides is 1. The number of para-hydroxylation sites is 1. The number of aldehydes is 1. The van der Waals surface area contributed by atoms with Crippen molar-refractivity contribution < 1.29 is 19.5 Å². The van der Waals surface area contributed by atoms with E-state index in [1.165, 1.54) is 0 Å². The average molecular weight is 233 g/mol. The van der Waals surface area contributed by atoms with Gasteiger partial charge in [0.1, 0.15) is 6.29 Å². The molecule has 0 radical (unpaired) electrons. The number of benzene rings is 1. The Kier molecular flexibility index (Phi) is 2.91. The fraction of sp³-hybridized carbons (Fsp3) is 0.250. The molecular formula is C12H11NO4. The number of carboxylic acid groups (broad SMARTS) is 1. The summed E-state index contributed by atoms with van der Waals surface area (Å²) in [4.78, 5) is 34.6. The van der Waals surface area contributed by atoms with E-state index < -0.39 is 12.1 Å². The number of rotatable bonds is 2. The molecule has 1 aliphatic heterocycles. The van der Waals surface area contributed by atoms with Crippen LogP contribution in [0.25, 0.3) is 0 Å². The molecule has 0 aromatic heterocycles. The van der Waals surface area contributed by atoms with Crippen molar-refractivity contribution in [2.75, 3.05) is 4.90 Å². The van der Waals surface area contributed by atoms with Gasteiger partial charge in [-0.05, 0) is 12.1 Å². The Morgan fingerprint density at radius 1 is 1.47 bits per heavy atom. The molecule has 1 unspecified atom stereocenters. The third-order valence-electron chi connectivity index (χ3n) is 2.82. The second-order valence-corrected chi connectivity index (χ2v) is 3.85. The summed E-state index contributed by atoms with van der Waals surface area (Å²) >= 11 is 0. The number of nitrogens with zero attached hydrogens (tertiary/aromatic N) is 1. The van der Waals surface area contributed by atoms with Crippen LogP contribution < -0.4 is 4.90 Å².